The molecule has 7 nitrogen and oxygen atoms in total. The highest BCUT2D eigenvalue weighted by Crippen LogP contribution is 2.26. The predicted octanol–water partition coefficient (Wildman–Crippen LogP) is 3.87. The molecule has 1 aromatic carbocycles. The molecule has 1 aliphatic carbocycles. The van der Waals surface area contributed by atoms with E-state index < -0.39 is 10.0 Å². The van der Waals surface area contributed by atoms with Crippen molar-refractivity contribution >= 4 is 33.2 Å². The number of hydrogen-bond acceptors (Lipinski definition) is 4. The number of hydrogen-bond donors (Lipinski definition) is 1. The summed E-state index contributed by atoms with van der Waals surface area (Å²) in [5.74, 6) is -0.292. The van der Waals surface area contributed by atoms with Gasteiger partial charge in [0.1, 0.15) is 5.65 Å². The maximum absolute atomic E-state index is 12.9. The second-order valence-electron chi connectivity index (χ2n) is 7.87. The van der Waals surface area contributed by atoms with Crippen LogP contribution in [0.5, 0.6) is 0 Å². The topological polar surface area (TPSA) is 83.8 Å². The quantitative estimate of drug-likeness (QED) is 0.605. The van der Waals surface area contributed by atoms with Gasteiger partial charge in [-0.15, -0.1) is 0 Å². The zero-order valence-electron chi connectivity index (χ0n) is 17.3. The highest BCUT2D eigenvalue weighted by atomic mass is 35.5. The largest absolute Gasteiger partial charge is 0.346 e. The molecule has 1 N–H and O–H groups in total. The second-order valence-corrected chi connectivity index (χ2v) is 10.3. The molecule has 0 spiro atoms. The molecule has 1 aliphatic rings. The molecule has 0 aliphatic heterocycles. The molecule has 9 heteroatoms. The summed E-state index contributed by atoms with van der Waals surface area (Å²) in [6.07, 6.45) is 8.62. The van der Waals surface area contributed by atoms with Crippen molar-refractivity contribution in [1.82, 2.24) is 19.0 Å². The fourth-order valence-corrected chi connectivity index (χ4v) is 5.54. The Bertz CT molecular complexity index is 1190. The van der Waals surface area contributed by atoms with E-state index in [0.717, 1.165) is 37.8 Å². The Hall–Kier alpha value is -2.42. The van der Waals surface area contributed by atoms with Gasteiger partial charge in [-0.05, 0) is 49.2 Å². The molecule has 2 heterocycles. The van der Waals surface area contributed by atoms with Crippen molar-refractivity contribution in [2.75, 3.05) is 7.05 Å². The van der Waals surface area contributed by atoms with Gasteiger partial charge >= 0.3 is 0 Å². The third-order valence-corrected chi connectivity index (χ3v) is 7.93. The van der Waals surface area contributed by atoms with Crippen LogP contribution in [-0.2, 0) is 16.6 Å². The van der Waals surface area contributed by atoms with Gasteiger partial charge in [0.15, 0.2) is 0 Å². The smallest absolute Gasteiger partial charge is 0.251 e. The molecule has 0 saturated heterocycles. The number of amides is 1. The van der Waals surface area contributed by atoms with Crippen LogP contribution in [0.25, 0.3) is 5.65 Å². The zero-order chi connectivity index (χ0) is 22.0. The molecule has 1 fully saturated rings. The van der Waals surface area contributed by atoms with Gasteiger partial charge in [0.2, 0.25) is 10.0 Å². The average molecular weight is 461 g/mol. The van der Waals surface area contributed by atoms with Crippen molar-refractivity contribution in [3.8, 4) is 0 Å². The third-order valence-electron chi connectivity index (χ3n) is 5.78. The predicted molar refractivity (Wildman–Crippen MR) is 120 cm³/mol. The number of fused-ring (bicyclic) bond motifs is 1. The molecule has 0 atom stereocenters. The van der Waals surface area contributed by atoms with Crippen molar-refractivity contribution in [2.24, 2.45) is 0 Å². The average Bonchev–Trinajstić information content (AvgIpc) is 3.19. The molecule has 4 rings (SSSR count). The van der Waals surface area contributed by atoms with E-state index in [4.69, 9.17) is 11.6 Å². The van der Waals surface area contributed by atoms with Crippen LogP contribution >= 0.6 is 11.6 Å². The maximum atomic E-state index is 12.9. The van der Waals surface area contributed by atoms with Crippen molar-refractivity contribution in [2.45, 2.75) is 49.6 Å². The van der Waals surface area contributed by atoms with E-state index in [1.54, 1.807) is 48.1 Å². The minimum absolute atomic E-state index is 0.0436. The van der Waals surface area contributed by atoms with E-state index in [1.807, 2.05) is 0 Å². The number of aromatic nitrogens is 2. The molecular formula is C22H25ClN4O3S. The minimum Gasteiger partial charge on any atom is -0.346 e. The number of rotatable bonds is 6. The number of sulfonamides is 1. The first-order chi connectivity index (χ1) is 14.8. The zero-order valence-corrected chi connectivity index (χ0v) is 18.9. The monoisotopic (exact) mass is 460 g/mol. The molecule has 3 aromatic rings. The summed E-state index contributed by atoms with van der Waals surface area (Å²) in [6, 6.07) is 9.68. The number of benzene rings is 1. The first-order valence-electron chi connectivity index (χ1n) is 10.3. The van der Waals surface area contributed by atoms with Crippen LogP contribution in [0.2, 0.25) is 5.02 Å². The summed E-state index contributed by atoms with van der Waals surface area (Å²) in [5.41, 5.74) is 1.83. The van der Waals surface area contributed by atoms with Gasteiger partial charge in [-0.3, -0.25) is 4.79 Å². The van der Waals surface area contributed by atoms with Gasteiger partial charge in [-0.2, -0.15) is 4.31 Å². The highest BCUT2D eigenvalue weighted by molar-refractivity contribution is 7.89. The number of pyridine rings is 1. The lowest BCUT2D eigenvalue weighted by atomic mass is 9.96. The van der Waals surface area contributed by atoms with E-state index in [-0.39, 0.29) is 23.4 Å². The van der Waals surface area contributed by atoms with Gasteiger partial charge in [0.25, 0.3) is 5.91 Å². The van der Waals surface area contributed by atoms with Crippen LogP contribution in [0.15, 0.2) is 53.7 Å². The van der Waals surface area contributed by atoms with E-state index in [2.05, 4.69) is 10.3 Å². The molecule has 1 amide bonds. The Morgan fingerprint density at radius 1 is 1.13 bits per heavy atom. The lowest BCUT2D eigenvalue weighted by Crippen LogP contribution is -2.38. The molecule has 0 unspecified atom stereocenters. The van der Waals surface area contributed by atoms with Crippen molar-refractivity contribution in [3.63, 3.8) is 0 Å². The van der Waals surface area contributed by atoms with Crippen molar-refractivity contribution in [1.29, 1.82) is 0 Å². The van der Waals surface area contributed by atoms with Crippen LogP contribution < -0.4 is 5.32 Å². The lowest BCUT2D eigenvalue weighted by Gasteiger charge is -2.30. The van der Waals surface area contributed by atoms with E-state index in [9.17, 15) is 13.2 Å². The molecule has 0 bridgehead atoms. The van der Waals surface area contributed by atoms with Crippen molar-refractivity contribution in [3.05, 3.63) is 65.1 Å². The normalized spacial score (nSPS) is 15.5. The second kappa shape index (κ2) is 8.98. The van der Waals surface area contributed by atoms with E-state index in [0.29, 0.717) is 16.3 Å². The van der Waals surface area contributed by atoms with Crippen LogP contribution in [0, 0.1) is 0 Å². The number of imidazole rings is 1. The summed E-state index contributed by atoms with van der Waals surface area (Å²) in [4.78, 5) is 17.1. The summed E-state index contributed by atoms with van der Waals surface area (Å²) in [5, 5.41) is 3.42. The standard InChI is InChI=1S/C22H25ClN4O3S/c1-26(19-5-3-2-4-6-19)31(29,30)20-10-7-16(8-11-20)22(28)24-13-18-15-27-14-17(23)9-12-21(27)25-18/h7-12,14-15,19H,2-6,13H2,1H3,(H,24,28). The Kier molecular flexibility index (Phi) is 6.31. The Morgan fingerprint density at radius 3 is 2.55 bits per heavy atom. The van der Waals surface area contributed by atoms with Gasteiger partial charge in [-0.1, -0.05) is 30.9 Å². The first kappa shape index (κ1) is 21.8. The fraction of sp³-hybridized carbons (Fsp3) is 0.364. The summed E-state index contributed by atoms with van der Waals surface area (Å²) in [7, 11) is -1.93. The number of carbonyl (C=O) groups excluding carboxylic acids is 1. The van der Waals surface area contributed by atoms with Gasteiger partial charge in [0.05, 0.1) is 22.2 Å². The fourth-order valence-electron chi connectivity index (χ4n) is 3.96. The molecule has 1 saturated carbocycles. The van der Waals surface area contributed by atoms with Gasteiger partial charge in [0, 0.05) is 31.0 Å². The highest BCUT2D eigenvalue weighted by Gasteiger charge is 2.29. The van der Waals surface area contributed by atoms with Gasteiger partial charge in [-0.25, -0.2) is 13.4 Å². The molecule has 164 valence electrons. The summed E-state index contributed by atoms with van der Waals surface area (Å²) in [6.45, 7) is 0.253. The molecular weight excluding hydrogens is 436 g/mol. The SMILES string of the molecule is CN(C1CCCCC1)S(=O)(=O)c1ccc(C(=O)NCc2cn3cc(Cl)ccc3n2)cc1. The number of carbonyl (C=O) groups is 1. The maximum Gasteiger partial charge on any atom is 0.251 e. The van der Waals surface area contributed by atoms with Crippen LogP contribution in [-0.4, -0.2) is 41.1 Å². The van der Waals surface area contributed by atoms with Crippen LogP contribution in [0.4, 0.5) is 0 Å². The molecule has 31 heavy (non-hydrogen) atoms. The molecule has 2 aromatic heterocycles. The summed E-state index contributed by atoms with van der Waals surface area (Å²) >= 11 is 5.98. The minimum atomic E-state index is -3.58. The number of nitrogens with zero attached hydrogens (tertiary/aromatic N) is 3. The number of halogens is 1. The Balaban J connectivity index is 1.41. The van der Waals surface area contributed by atoms with Crippen LogP contribution in [0.3, 0.4) is 0 Å². The summed E-state index contributed by atoms with van der Waals surface area (Å²) < 4.78 is 29.2. The molecule has 0 radical (unpaired) electrons. The first-order valence-corrected chi connectivity index (χ1v) is 12.2. The lowest BCUT2D eigenvalue weighted by molar-refractivity contribution is 0.0950. The van der Waals surface area contributed by atoms with Gasteiger partial charge < -0.3 is 9.72 Å². The van der Waals surface area contributed by atoms with Crippen LogP contribution in [0.1, 0.15) is 48.2 Å². The Morgan fingerprint density at radius 2 is 1.84 bits per heavy atom. The van der Waals surface area contributed by atoms with E-state index >= 15 is 0 Å². The van der Waals surface area contributed by atoms with E-state index in [1.165, 1.54) is 16.4 Å². The Labute approximate surface area is 187 Å². The third kappa shape index (κ3) is 4.76. The number of nitrogens with one attached hydrogen (secondary N) is 1. The van der Waals surface area contributed by atoms with Crippen molar-refractivity contribution < 1.29 is 13.2 Å².